The normalized spacial score (nSPS) is 14.8. The van der Waals surface area contributed by atoms with Crippen LogP contribution in [0.2, 0.25) is 0 Å². The Labute approximate surface area is 131 Å². The molecule has 0 amide bonds. The maximum Gasteiger partial charge on any atom is 0.151 e. The molecule has 2 nitrogen and oxygen atoms in total. The zero-order chi connectivity index (χ0) is 15.6. The highest BCUT2D eigenvalue weighted by molar-refractivity contribution is 6.20. The van der Waals surface area contributed by atoms with Crippen molar-refractivity contribution in [2.45, 2.75) is 58.4 Å². The Bertz CT molecular complexity index is 604. The largest absolute Gasteiger partial charge is 0.324 e. The van der Waals surface area contributed by atoms with Gasteiger partial charge in [-0.3, -0.25) is 0 Å². The van der Waals surface area contributed by atoms with Gasteiger partial charge in [-0.1, -0.05) is 32.8 Å². The number of halogens is 2. The zero-order valence-electron chi connectivity index (χ0n) is 13.2. The molecule has 0 aliphatic rings. The van der Waals surface area contributed by atoms with Crippen LogP contribution in [0.3, 0.4) is 0 Å². The number of rotatable bonds is 6. The SMILES string of the molecule is CC(C)CCCC(C)n1c(C(C)Cl)nc2c(F)cccc21. The molecular weight excluding hydrogens is 287 g/mol. The fourth-order valence-electron chi connectivity index (χ4n) is 2.80. The van der Waals surface area contributed by atoms with Crippen LogP contribution in [0.25, 0.3) is 11.0 Å². The van der Waals surface area contributed by atoms with Crippen molar-refractivity contribution in [3.63, 3.8) is 0 Å². The molecule has 2 rings (SSSR count). The Kier molecular flexibility index (Phi) is 5.26. The van der Waals surface area contributed by atoms with E-state index in [1.165, 1.54) is 12.5 Å². The molecule has 116 valence electrons. The summed E-state index contributed by atoms with van der Waals surface area (Å²) >= 11 is 6.25. The first kappa shape index (κ1) is 16.3. The lowest BCUT2D eigenvalue weighted by molar-refractivity contribution is 0.444. The van der Waals surface area contributed by atoms with Crippen LogP contribution in [0.15, 0.2) is 18.2 Å². The predicted molar refractivity (Wildman–Crippen MR) is 87.4 cm³/mol. The van der Waals surface area contributed by atoms with Gasteiger partial charge in [-0.2, -0.15) is 0 Å². The van der Waals surface area contributed by atoms with Crippen molar-refractivity contribution >= 4 is 22.6 Å². The fourth-order valence-corrected chi connectivity index (χ4v) is 2.95. The van der Waals surface area contributed by atoms with Gasteiger partial charge < -0.3 is 4.57 Å². The number of benzene rings is 1. The monoisotopic (exact) mass is 310 g/mol. The van der Waals surface area contributed by atoms with E-state index in [9.17, 15) is 4.39 Å². The Morgan fingerprint density at radius 2 is 1.90 bits per heavy atom. The van der Waals surface area contributed by atoms with E-state index in [-0.39, 0.29) is 17.2 Å². The minimum atomic E-state index is -0.279. The fraction of sp³-hybridized carbons (Fsp3) is 0.588. The van der Waals surface area contributed by atoms with Gasteiger partial charge in [0.25, 0.3) is 0 Å². The van der Waals surface area contributed by atoms with Crippen LogP contribution in [0.4, 0.5) is 4.39 Å². The first-order valence-corrected chi connectivity index (χ1v) is 8.15. The minimum absolute atomic E-state index is 0.232. The lowest BCUT2D eigenvalue weighted by atomic mass is 10.0. The first-order valence-electron chi connectivity index (χ1n) is 7.72. The smallest absolute Gasteiger partial charge is 0.151 e. The van der Waals surface area contributed by atoms with Crippen molar-refractivity contribution in [3.8, 4) is 0 Å². The van der Waals surface area contributed by atoms with E-state index >= 15 is 0 Å². The number of imidazole rings is 1. The molecule has 21 heavy (non-hydrogen) atoms. The highest BCUT2D eigenvalue weighted by atomic mass is 35.5. The molecule has 0 bridgehead atoms. The maximum atomic E-state index is 13.9. The van der Waals surface area contributed by atoms with E-state index in [0.717, 1.165) is 24.2 Å². The van der Waals surface area contributed by atoms with Gasteiger partial charge in [-0.15, -0.1) is 11.6 Å². The van der Waals surface area contributed by atoms with Gasteiger partial charge in [0.15, 0.2) is 5.82 Å². The van der Waals surface area contributed by atoms with E-state index < -0.39 is 0 Å². The molecule has 0 radical (unpaired) electrons. The number of hydrogen-bond acceptors (Lipinski definition) is 1. The molecule has 2 unspecified atom stereocenters. The second-order valence-electron chi connectivity index (χ2n) is 6.24. The van der Waals surface area contributed by atoms with Crippen LogP contribution < -0.4 is 0 Å². The molecule has 0 saturated heterocycles. The molecule has 1 heterocycles. The van der Waals surface area contributed by atoms with Gasteiger partial charge in [0.2, 0.25) is 0 Å². The number of alkyl halides is 1. The van der Waals surface area contributed by atoms with Gasteiger partial charge >= 0.3 is 0 Å². The molecule has 4 heteroatoms. The second kappa shape index (κ2) is 6.78. The average molecular weight is 311 g/mol. The molecule has 0 aliphatic heterocycles. The summed E-state index contributed by atoms with van der Waals surface area (Å²) in [6, 6.07) is 5.38. The van der Waals surface area contributed by atoms with Gasteiger partial charge in [0.05, 0.1) is 10.9 Å². The molecule has 0 fully saturated rings. The Hall–Kier alpha value is -1.09. The molecule has 0 aliphatic carbocycles. The third-order valence-corrected chi connectivity index (χ3v) is 4.09. The summed E-state index contributed by atoms with van der Waals surface area (Å²) < 4.78 is 16.1. The van der Waals surface area contributed by atoms with Gasteiger partial charge in [0.1, 0.15) is 11.3 Å². The second-order valence-corrected chi connectivity index (χ2v) is 6.89. The first-order chi connectivity index (χ1) is 9.91. The third kappa shape index (κ3) is 3.57. The summed E-state index contributed by atoms with van der Waals surface area (Å²) in [5, 5.41) is -0.232. The molecule has 0 saturated carbocycles. The average Bonchev–Trinajstić information content (AvgIpc) is 2.79. The van der Waals surface area contributed by atoms with Crippen molar-refractivity contribution in [1.29, 1.82) is 0 Å². The van der Waals surface area contributed by atoms with Crippen LogP contribution in [0.5, 0.6) is 0 Å². The Morgan fingerprint density at radius 3 is 2.52 bits per heavy atom. The highest BCUT2D eigenvalue weighted by Gasteiger charge is 2.20. The van der Waals surface area contributed by atoms with Crippen molar-refractivity contribution in [1.82, 2.24) is 9.55 Å². The summed E-state index contributed by atoms with van der Waals surface area (Å²) in [4.78, 5) is 4.43. The van der Waals surface area contributed by atoms with Crippen molar-refractivity contribution < 1.29 is 4.39 Å². The zero-order valence-corrected chi connectivity index (χ0v) is 14.0. The number of fused-ring (bicyclic) bond motifs is 1. The lowest BCUT2D eigenvalue weighted by Crippen LogP contribution is -2.10. The number of nitrogens with zero attached hydrogens (tertiary/aromatic N) is 2. The summed E-state index contributed by atoms with van der Waals surface area (Å²) in [5.74, 6) is 1.19. The van der Waals surface area contributed by atoms with E-state index in [1.54, 1.807) is 6.07 Å². The van der Waals surface area contributed by atoms with Crippen molar-refractivity contribution in [3.05, 3.63) is 29.8 Å². The number of hydrogen-bond donors (Lipinski definition) is 0. The Balaban J connectivity index is 2.36. The summed E-state index contributed by atoms with van der Waals surface area (Å²) in [7, 11) is 0. The molecule has 0 N–H and O–H groups in total. The lowest BCUT2D eigenvalue weighted by Gasteiger charge is -2.19. The quantitative estimate of drug-likeness (QED) is 0.611. The standard InChI is InChI=1S/C17H24ClFN2/c1-11(2)7-5-8-12(3)21-15-10-6-9-14(19)16(15)20-17(21)13(4)18/h6,9-13H,5,7-8H2,1-4H3. The minimum Gasteiger partial charge on any atom is -0.324 e. The van der Waals surface area contributed by atoms with Crippen molar-refractivity contribution in [2.24, 2.45) is 5.92 Å². The van der Waals surface area contributed by atoms with Crippen LogP contribution in [-0.2, 0) is 0 Å². The topological polar surface area (TPSA) is 17.8 Å². The van der Waals surface area contributed by atoms with E-state index in [4.69, 9.17) is 11.6 Å². The van der Waals surface area contributed by atoms with E-state index in [1.807, 2.05) is 13.0 Å². The molecule has 2 atom stereocenters. The molecule has 1 aromatic heterocycles. The summed E-state index contributed by atoms with van der Waals surface area (Å²) in [6.45, 7) is 8.52. The molecule has 0 spiro atoms. The Morgan fingerprint density at radius 1 is 1.19 bits per heavy atom. The van der Waals surface area contributed by atoms with E-state index in [2.05, 4.69) is 30.3 Å². The predicted octanol–water partition coefficient (Wildman–Crippen LogP) is 5.86. The van der Waals surface area contributed by atoms with Gasteiger partial charge in [-0.05, 0) is 38.3 Å². The summed E-state index contributed by atoms with van der Waals surface area (Å²) in [6.07, 6.45) is 3.41. The number of para-hydroxylation sites is 1. The highest BCUT2D eigenvalue weighted by Crippen LogP contribution is 2.31. The van der Waals surface area contributed by atoms with Gasteiger partial charge in [-0.25, -0.2) is 9.37 Å². The van der Waals surface area contributed by atoms with Crippen LogP contribution in [-0.4, -0.2) is 9.55 Å². The molecule has 2 aromatic rings. The van der Waals surface area contributed by atoms with E-state index in [0.29, 0.717) is 11.4 Å². The third-order valence-electron chi connectivity index (χ3n) is 3.90. The van der Waals surface area contributed by atoms with Crippen LogP contribution in [0.1, 0.15) is 64.2 Å². The van der Waals surface area contributed by atoms with Crippen LogP contribution >= 0.6 is 11.6 Å². The number of aromatic nitrogens is 2. The maximum absolute atomic E-state index is 13.9. The van der Waals surface area contributed by atoms with Gasteiger partial charge in [0, 0.05) is 6.04 Å². The van der Waals surface area contributed by atoms with Crippen molar-refractivity contribution in [2.75, 3.05) is 0 Å². The molecular formula is C17H24ClFN2. The molecule has 1 aromatic carbocycles. The van der Waals surface area contributed by atoms with Crippen LogP contribution in [0, 0.1) is 11.7 Å². The summed E-state index contributed by atoms with van der Waals surface area (Å²) in [5.41, 5.74) is 1.27.